The van der Waals surface area contributed by atoms with Crippen molar-refractivity contribution < 1.29 is 9.13 Å². The van der Waals surface area contributed by atoms with E-state index in [0.29, 0.717) is 45.8 Å². The van der Waals surface area contributed by atoms with E-state index < -0.39 is 0 Å². The lowest BCUT2D eigenvalue weighted by atomic mass is 10.1. The summed E-state index contributed by atoms with van der Waals surface area (Å²) in [6.07, 6.45) is 3.54. The molecule has 0 fully saturated rings. The van der Waals surface area contributed by atoms with Crippen LogP contribution < -0.4 is 10.1 Å². The van der Waals surface area contributed by atoms with Crippen LogP contribution in [0, 0.1) is 33.5 Å². The maximum Gasteiger partial charge on any atom is 0.227 e. The summed E-state index contributed by atoms with van der Waals surface area (Å²) in [4.78, 5) is 18.0. The quantitative estimate of drug-likeness (QED) is 0.225. The molecule has 0 saturated carbocycles. The standard InChI is InChI=1S/C30H30ClFN6O/c1-16(2)38-20(6)35-29-24(32)10-21(11-26(29)38)28-19(5)14-34-30(37-28)36-22-7-8-27(23(31)12-22)39-15-25-18(4)9-17(3)13-33-25/h7-14,16H,15H2,1-6H3,(H,34,36,37). The molecule has 3 aromatic heterocycles. The Bertz CT molecular complexity index is 1700. The Labute approximate surface area is 232 Å². The molecular formula is C30H30ClFN6O. The van der Waals surface area contributed by atoms with Gasteiger partial charge in [0.2, 0.25) is 5.95 Å². The van der Waals surface area contributed by atoms with E-state index in [2.05, 4.69) is 40.2 Å². The van der Waals surface area contributed by atoms with E-state index in [1.165, 1.54) is 6.07 Å². The van der Waals surface area contributed by atoms with E-state index in [1.807, 2.05) is 50.6 Å². The average molecular weight is 545 g/mol. The number of halogens is 2. The summed E-state index contributed by atoms with van der Waals surface area (Å²) in [5, 5.41) is 3.64. The third-order valence-electron chi connectivity index (χ3n) is 6.56. The number of fused-ring (bicyclic) bond motifs is 1. The summed E-state index contributed by atoms with van der Waals surface area (Å²) in [5.41, 5.74) is 6.95. The van der Waals surface area contributed by atoms with Crippen molar-refractivity contribution in [1.82, 2.24) is 24.5 Å². The molecule has 39 heavy (non-hydrogen) atoms. The van der Waals surface area contributed by atoms with E-state index in [1.54, 1.807) is 18.3 Å². The fourth-order valence-corrected chi connectivity index (χ4v) is 4.95. The molecule has 0 amide bonds. The lowest BCUT2D eigenvalue weighted by molar-refractivity contribution is 0.300. The van der Waals surface area contributed by atoms with Crippen molar-refractivity contribution in [3.63, 3.8) is 0 Å². The highest BCUT2D eigenvalue weighted by atomic mass is 35.5. The molecule has 5 rings (SSSR count). The maximum atomic E-state index is 15.1. The largest absolute Gasteiger partial charge is 0.486 e. The van der Waals surface area contributed by atoms with Gasteiger partial charge in [-0.05, 0) is 88.6 Å². The normalized spacial score (nSPS) is 11.4. The second-order valence-electron chi connectivity index (χ2n) is 10.0. The van der Waals surface area contributed by atoms with Gasteiger partial charge in [-0.15, -0.1) is 0 Å². The average Bonchev–Trinajstić information content (AvgIpc) is 3.22. The molecule has 7 nitrogen and oxygen atoms in total. The van der Waals surface area contributed by atoms with Gasteiger partial charge in [-0.25, -0.2) is 19.3 Å². The second kappa shape index (κ2) is 10.6. The summed E-state index contributed by atoms with van der Waals surface area (Å²) in [5.74, 6) is 1.31. The molecular weight excluding hydrogens is 515 g/mol. The van der Waals surface area contributed by atoms with E-state index in [0.717, 1.165) is 33.7 Å². The molecule has 0 aliphatic carbocycles. The van der Waals surface area contributed by atoms with Gasteiger partial charge in [-0.2, -0.15) is 0 Å². The molecule has 0 bridgehead atoms. The van der Waals surface area contributed by atoms with Crippen LogP contribution in [0.2, 0.25) is 5.02 Å². The van der Waals surface area contributed by atoms with Crippen LogP contribution in [0.1, 0.15) is 48.1 Å². The number of ether oxygens (including phenoxy) is 1. The minimum absolute atomic E-state index is 0.141. The van der Waals surface area contributed by atoms with Crippen LogP contribution in [-0.4, -0.2) is 24.5 Å². The first-order valence-electron chi connectivity index (χ1n) is 12.7. The summed E-state index contributed by atoms with van der Waals surface area (Å²) in [6.45, 7) is 12.2. The topological polar surface area (TPSA) is 77.8 Å². The number of benzene rings is 2. The van der Waals surface area contributed by atoms with E-state index >= 15 is 4.39 Å². The van der Waals surface area contributed by atoms with Gasteiger partial charge in [0.15, 0.2) is 5.82 Å². The fraction of sp³-hybridized carbons (Fsp3) is 0.267. The minimum atomic E-state index is -0.379. The third-order valence-corrected chi connectivity index (χ3v) is 6.86. The van der Waals surface area contributed by atoms with Crippen LogP contribution in [0.15, 0.2) is 48.8 Å². The first-order chi connectivity index (χ1) is 18.6. The summed E-state index contributed by atoms with van der Waals surface area (Å²) in [7, 11) is 0. The van der Waals surface area contributed by atoms with Crippen LogP contribution in [0.4, 0.5) is 16.0 Å². The van der Waals surface area contributed by atoms with Crippen molar-refractivity contribution in [1.29, 1.82) is 0 Å². The lowest BCUT2D eigenvalue weighted by Gasteiger charge is -2.13. The highest BCUT2D eigenvalue weighted by Gasteiger charge is 2.17. The van der Waals surface area contributed by atoms with Crippen molar-refractivity contribution in [3.05, 3.63) is 87.8 Å². The number of aryl methyl sites for hydroxylation is 4. The Morgan fingerprint density at radius 2 is 1.77 bits per heavy atom. The van der Waals surface area contributed by atoms with E-state index in [9.17, 15) is 0 Å². The van der Waals surface area contributed by atoms with Crippen LogP contribution in [-0.2, 0) is 6.61 Å². The Balaban J connectivity index is 1.39. The number of hydrogen-bond acceptors (Lipinski definition) is 6. The summed E-state index contributed by atoms with van der Waals surface area (Å²) < 4.78 is 23.0. The number of anilines is 2. The van der Waals surface area contributed by atoms with Crippen molar-refractivity contribution in [2.24, 2.45) is 0 Å². The number of hydrogen-bond donors (Lipinski definition) is 1. The van der Waals surface area contributed by atoms with E-state index in [4.69, 9.17) is 21.3 Å². The molecule has 1 N–H and O–H groups in total. The number of nitrogens with one attached hydrogen (secondary N) is 1. The monoisotopic (exact) mass is 544 g/mol. The highest BCUT2D eigenvalue weighted by molar-refractivity contribution is 6.32. The summed E-state index contributed by atoms with van der Waals surface area (Å²) >= 11 is 6.52. The van der Waals surface area contributed by atoms with Gasteiger partial charge in [-0.1, -0.05) is 17.7 Å². The van der Waals surface area contributed by atoms with E-state index in [-0.39, 0.29) is 11.9 Å². The Kier molecular flexibility index (Phi) is 7.23. The van der Waals surface area contributed by atoms with Crippen molar-refractivity contribution in [3.8, 4) is 17.0 Å². The van der Waals surface area contributed by atoms with Crippen molar-refractivity contribution in [2.75, 3.05) is 5.32 Å². The second-order valence-corrected chi connectivity index (χ2v) is 10.4. The molecule has 9 heteroatoms. The molecule has 0 unspecified atom stereocenters. The minimum Gasteiger partial charge on any atom is -0.486 e. The molecule has 3 heterocycles. The van der Waals surface area contributed by atoms with Crippen LogP contribution >= 0.6 is 11.6 Å². The molecule has 0 aliphatic heterocycles. The molecule has 0 aliphatic rings. The number of aromatic nitrogens is 5. The molecule has 5 aromatic rings. The van der Waals surface area contributed by atoms with Gasteiger partial charge in [0.1, 0.15) is 23.7 Å². The maximum absolute atomic E-state index is 15.1. The molecule has 0 atom stereocenters. The number of pyridine rings is 1. The fourth-order valence-electron chi connectivity index (χ4n) is 4.72. The van der Waals surface area contributed by atoms with Crippen molar-refractivity contribution >= 4 is 34.3 Å². The van der Waals surface area contributed by atoms with Crippen LogP contribution in [0.25, 0.3) is 22.3 Å². The lowest BCUT2D eigenvalue weighted by Crippen LogP contribution is -2.04. The van der Waals surface area contributed by atoms with Gasteiger partial charge >= 0.3 is 0 Å². The Morgan fingerprint density at radius 1 is 0.974 bits per heavy atom. The van der Waals surface area contributed by atoms with Gasteiger partial charge in [-0.3, -0.25) is 4.98 Å². The number of imidazole rings is 1. The zero-order valence-electron chi connectivity index (χ0n) is 22.8. The molecule has 0 radical (unpaired) electrons. The number of nitrogens with zero attached hydrogens (tertiary/aromatic N) is 5. The molecule has 0 saturated heterocycles. The molecule has 0 spiro atoms. The SMILES string of the molecule is Cc1cnc(COc2ccc(Nc3ncc(C)c(-c4cc(F)c5nc(C)n(C(C)C)c5c4)n3)cc2Cl)c(C)c1. The van der Waals surface area contributed by atoms with Crippen LogP contribution in [0.3, 0.4) is 0 Å². The first kappa shape index (κ1) is 26.6. The first-order valence-corrected chi connectivity index (χ1v) is 13.1. The Morgan fingerprint density at radius 3 is 2.49 bits per heavy atom. The van der Waals surface area contributed by atoms with Gasteiger partial charge in [0.25, 0.3) is 0 Å². The van der Waals surface area contributed by atoms with Gasteiger partial charge in [0, 0.05) is 29.7 Å². The molecule has 200 valence electrons. The smallest absolute Gasteiger partial charge is 0.227 e. The molecule has 2 aromatic carbocycles. The van der Waals surface area contributed by atoms with Crippen molar-refractivity contribution in [2.45, 2.75) is 54.2 Å². The zero-order valence-corrected chi connectivity index (χ0v) is 23.6. The van der Waals surface area contributed by atoms with Crippen LogP contribution in [0.5, 0.6) is 5.75 Å². The third kappa shape index (κ3) is 5.43. The number of rotatable bonds is 7. The predicted molar refractivity (Wildman–Crippen MR) is 153 cm³/mol. The summed E-state index contributed by atoms with van der Waals surface area (Å²) in [6, 6.07) is 11.0. The van der Waals surface area contributed by atoms with Gasteiger partial charge in [0.05, 0.1) is 21.9 Å². The zero-order chi connectivity index (χ0) is 27.8. The van der Waals surface area contributed by atoms with Gasteiger partial charge < -0.3 is 14.6 Å². The predicted octanol–water partition coefficient (Wildman–Crippen LogP) is 7.82. The highest BCUT2D eigenvalue weighted by Crippen LogP contribution is 2.32. The Hall–Kier alpha value is -4.04.